The zero-order chi connectivity index (χ0) is 25.0. The molecule has 0 aliphatic heterocycles. The fourth-order valence-corrected chi connectivity index (χ4v) is 3.03. The van der Waals surface area contributed by atoms with Crippen LogP contribution in [0.4, 0.5) is 0 Å². The molecule has 0 spiro atoms. The molecule has 3 rings (SSSR count). The average molecular weight is 473 g/mol. The molecule has 0 radical (unpaired) electrons. The van der Waals surface area contributed by atoms with Crippen LogP contribution in [-0.2, 0) is 9.59 Å². The summed E-state index contributed by atoms with van der Waals surface area (Å²) < 4.78 is 16.2. The molecule has 7 heteroatoms. The van der Waals surface area contributed by atoms with E-state index in [0.717, 1.165) is 5.56 Å². The van der Waals surface area contributed by atoms with Gasteiger partial charge in [0.2, 0.25) is 0 Å². The highest BCUT2D eigenvalue weighted by Gasteiger charge is 2.09. The van der Waals surface area contributed by atoms with Gasteiger partial charge in [0, 0.05) is 6.08 Å². The summed E-state index contributed by atoms with van der Waals surface area (Å²) in [5.41, 5.74) is 5.15. The van der Waals surface area contributed by atoms with Gasteiger partial charge in [-0.3, -0.25) is 4.79 Å². The monoisotopic (exact) mass is 472 g/mol. The normalized spacial score (nSPS) is 11.1. The van der Waals surface area contributed by atoms with Gasteiger partial charge in [0.05, 0.1) is 13.3 Å². The van der Waals surface area contributed by atoms with Crippen molar-refractivity contribution in [2.24, 2.45) is 5.10 Å². The van der Waals surface area contributed by atoms with E-state index in [2.05, 4.69) is 24.4 Å². The van der Waals surface area contributed by atoms with Gasteiger partial charge in [-0.05, 0) is 59.0 Å². The van der Waals surface area contributed by atoms with Crippen molar-refractivity contribution < 1.29 is 23.8 Å². The van der Waals surface area contributed by atoms with Crippen molar-refractivity contribution in [1.82, 2.24) is 5.43 Å². The Morgan fingerprint density at radius 2 is 1.69 bits per heavy atom. The molecule has 0 aliphatic rings. The summed E-state index contributed by atoms with van der Waals surface area (Å²) in [4.78, 5) is 24.2. The molecule has 0 saturated carbocycles. The predicted octanol–water partition coefficient (Wildman–Crippen LogP) is 4.97. The second kappa shape index (κ2) is 12.7. The summed E-state index contributed by atoms with van der Waals surface area (Å²) in [5, 5.41) is 3.94. The Morgan fingerprint density at radius 3 is 2.37 bits per heavy atom. The molecule has 35 heavy (non-hydrogen) atoms. The van der Waals surface area contributed by atoms with Crippen LogP contribution in [0, 0.1) is 0 Å². The number of nitrogens with zero attached hydrogens (tertiary/aromatic N) is 1. The minimum atomic E-state index is -0.528. The Morgan fingerprint density at radius 1 is 0.943 bits per heavy atom. The van der Waals surface area contributed by atoms with Crippen LogP contribution in [0.3, 0.4) is 0 Å². The van der Waals surface area contributed by atoms with Crippen LogP contribution >= 0.6 is 0 Å². The highest BCUT2D eigenvalue weighted by molar-refractivity contribution is 5.89. The van der Waals surface area contributed by atoms with Crippen molar-refractivity contribution in [3.05, 3.63) is 95.6 Å². The van der Waals surface area contributed by atoms with Crippen LogP contribution in [0.5, 0.6) is 17.2 Å². The summed E-state index contributed by atoms with van der Waals surface area (Å²) in [5.74, 6) is 0.750. The van der Waals surface area contributed by atoms with Gasteiger partial charge in [-0.25, -0.2) is 10.2 Å². The minimum Gasteiger partial charge on any atom is -0.493 e. The number of amides is 1. The van der Waals surface area contributed by atoms with E-state index in [4.69, 9.17) is 14.2 Å². The molecule has 0 bridgehead atoms. The van der Waals surface area contributed by atoms with E-state index in [9.17, 15) is 9.59 Å². The fourth-order valence-electron chi connectivity index (χ4n) is 3.03. The topological polar surface area (TPSA) is 86.2 Å². The summed E-state index contributed by atoms with van der Waals surface area (Å²) in [7, 11) is 1.47. The predicted molar refractivity (Wildman–Crippen MR) is 136 cm³/mol. The smallest absolute Gasteiger partial charge is 0.336 e. The summed E-state index contributed by atoms with van der Waals surface area (Å²) in [6.07, 6.45) is 4.47. The van der Waals surface area contributed by atoms with Gasteiger partial charge in [-0.1, -0.05) is 56.3 Å². The third kappa shape index (κ3) is 8.16. The Hall–Kier alpha value is -4.39. The standard InChI is InChI=1S/C28H28N2O5/c1-20(2)23-11-13-24(14-12-23)34-19-27(31)30-29-18-22-9-15-25(26(17-22)33-3)35-28(32)16-10-21-7-5-4-6-8-21/h4-18,20H,19H2,1-3H3,(H,30,31)/b16-10+,29-18+. The van der Waals surface area contributed by atoms with Crippen LogP contribution in [0.2, 0.25) is 0 Å². The summed E-state index contributed by atoms with van der Waals surface area (Å²) in [6, 6.07) is 22.0. The maximum atomic E-state index is 12.1. The Bertz CT molecular complexity index is 1190. The number of hydrogen-bond donors (Lipinski definition) is 1. The number of hydrazone groups is 1. The number of hydrogen-bond acceptors (Lipinski definition) is 6. The number of carbonyl (C=O) groups excluding carboxylic acids is 2. The zero-order valence-corrected chi connectivity index (χ0v) is 19.9. The molecule has 0 aromatic heterocycles. The molecule has 0 heterocycles. The number of methoxy groups -OCH3 is 1. The number of esters is 1. The third-order valence-electron chi connectivity index (χ3n) is 4.93. The minimum absolute atomic E-state index is 0.160. The lowest BCUT2D eigenvalue weighted by Gasteiger charge is -2.09. The highest BCUT2D eigenvalue weighted by atomic mass is 16.6. The van der Waals surface area contributed by atoms with E-state index in [1.54, 1.807) is 24.3 Å². The molecule has 0 aliphatic carbocycles. The molecule has 1 amide bonds. The molecule has 3 aromatic carbocycles. The molecule has 0 unspecified atom stereocenters. The molecule has 7 nitrogen and oxygen atoms in total. The summed E-state index contributed by atoms with van der Waals surface area (Å²) in [6.45, 7) is 4.07. The fraction of sp³-hybridized carbons (Fsp3) is 0.179. The Labute approximate surface area is 205 Å². The first-order chi connectivity index (χ1) is 16.9. The van der Waals surface area contributed by atoms with Crippen LogP contribution in [0.15, 0.2) is 84.0 Å². The first-order valence-electron chi connectivity index (χ1n) is 11.1. The number of ether oxygens (including phenoxy) is 3. The van der Waals surface area contributed by atoms with E-state index >= 15 is 0 Å². The van der Waals surface area contributed by atoms with Gasteiger partial charge < -0.3 is 14.2 Å². The lowest BCUT2D eigenvalue weighted by Crippen LogP contribution is -2.24. The van der Waals surface area contributed by atoms with Crippen molar-refractivity contribution in [3.63, 3.8) is 0 Å². The molecular weight excluding hydrogens is 444 g/mol. The number of rotatable bonds is 10. The van der Waals surface area contributed by atoms with Crippen LogP contribution in [0.1, 0.15) is 36.5 Å². The van der Waals surface area contributed by atoms with Gasteiger partial charge in [0.1, 0.15) is 5.75 Å². The largest absolute Gasteiger partial charge is 0.493 e. The van der Waals surface area contributed by atoms with Crippen molar-refractivity contribution >= 4 is 24.2 Å². The van der Waals surface area contributed by atoms with Gasteiger partial charge in [0.25, 0.3) is 5.91 Å². The Kier molecular flexibility index (Phi) is 9.19. The molecule has 1 N–H and O–H groups in total. The molecule has 0 atom stereocenters. The van der Waals surface area contributed by atoms with E-state index in [0.29, 0.717) is 23.0 Å². The van der Waals surface area contributed by atoms with Crippen LogP contribution in [-0.4, -0.2) is 31.8 Å². The molecule has 0 fully saturated rings. The van der Waals surface area contributed by atoms with E-state index in [-0.39, 0.29) is 12.4 Å². The van der Waals surface area contributed by atoms with E-state index < -0.39 is 11.9 Å². The quantitative estimate of drug-likeness (QED) is 0.148. The van der Waals surface area contributed by atoms with Gasteiger partial charge in [-0.15, -0.1) is 0 Å². The van der Waals surface area contributed by atoms with Crippen molar-refractivity contribution in [3.8, 4) is 17.2 Å². The lowest BCUT2D eigenvalue weighted by atomic mass is 10.0. The van der Waals surface area contributed by atoms with Crippen molar-refractivity contribution in [2.75, 3.05) is 13.7 Å². The number of benzene rings is 3. The van der Waals surface area contributed by atoms with Crippen LogP contribution in [0.25, 0.3) is 6.08 Å². The molecule has 0 saturated heterocycles. The average Bonchev–Trinajstić information content (AvgIpc) is 2.88. The van der Waals surface area contributed by atoms with Crippen molar-refractivity contribution in [1.29, 1.82) is 0 Å². The molecule has 3 aromatic rings. The number of nitrogens with one attached hydrogen (secondary N) is 1. The summed E-state index contributed by atoms with van der Waals surface area (Å²) >= 11 is 0. The first kappa shape index (κ1) is 25.2. The van der Waals surface area contributed by atoms with Gasteiger partial charge >= 0.3 is 5.97 Å². The van der Waals surface area contributed by atoms with Gasteiger partial charge in [-0.2, -0.15) is 5.10 Å². The van der Waals surface area contributed by atoms with Gasteiger partial charge in [0.15, 0.2) is 18.1 Å². The molecule has 180 valence electrons. The highest BCUT2D eigenvalue weighted by Crippen LogP contribution is 2.28. The second-order valence-corrected chi connectivity index (χ2v) is 7.88. The SMILES string of the molecule is COc1cc(/C=N/NC(=O)COc2ccc(C(C)C)cc2)ccc1OC(=O)/C=C/c1ccccc1. The third-order valence-corrected chi connectivity index (χ3v) is 4.93. The maximum absolute atomic E-state index is 12.1. The zero-order valence-electron chi connectivity index (χ0n) is 19.9. The second-order valence-electron chi connectivity index (χ2n) is 7.88. The molecular formula is C28H28N2O5. The van der Waals surface area contributed by atoms with Crippen molar-refractivity contribution in [2.45, 2.75) is 19.8 Å². The van der Waals surface area contributed by atoms with Crippen LogP contribution < -0.4 is 19.6 Å². The number of carbonyl (C=O) groups is 2. The van der Waals surface area contributed by atoms with E-state index in [1.807, 2.05) is 54.6 Å². The van der Waals surface area contributed by atoms with E-state index in [1.165, 1.54) is 25.0 Å². The Balaban J connectivity index is 1.50. The first-order valence-corrected chi connectivity index (χ1v) is 11.1. The lowest BCUT2D eigenvalue weighted by molar-refractivity contribution is -0.129. The maximum Gasteiger partial charge on any atom is 0.336 e.